The Labute approximate surface area is 164 Å². The molecule has 152 valence electrons. The number of carbonyl (C=O) groups is 2. The lowest BCUT2D eigenvalue weighted by molar-refractivity contribution is -0.151. The molecule has 4 nitrogen and oxygen atoms in total. The van der Waals surface area contributed by atoms with Gasteiger partial charge in [0.1, 0.15) is 6.61 Å². The van der Waals surface area contributed by atoms with Crippen LogP contribution in [0.1, 0.15) is 88.7 Å². The lowest BCUT2D eigenvalue weighted by Crippen LogP contribution is -2.11. The van der Waals surface area contributed by atoms with Gasteiger partial charge in [0.05, 0.1) is 19.4 Å². The van der Waals surface area contributed by atoms with Gasteiger partial charge < -0.3 is 9.47 Å². The van der Waals surface area contributed by atoms with E-state index in [2.05, 4.69) is 6.92 Å². The Hall–Kier alpha value is -1.84. The van der Waals surface area contributed by atoms with Crippen LogP contribution in [-0.2, 0) is 25.7 Å². The number of hydrogen-bond donors (Lipinski definition) is 0. The van der Waals surface area contributed by atoms with Crippen LogP contribution in [0.15, 0.2) is 24.3 Å². The molecule has 0 radical (unpaired) electrons. The molecule has 1 rings (SSSR count). The van der Waals surface area contributed by atoms with E-state index in [-0.39, 0.29) is 31.4 Å². The van der Waals surface area contributed by atoms with E-state index in [0.717, 1.165) is 24.0 Å². The van der Waals surface area contributed by atoms with Crippen molar-refractivity contribution in [2.75, 3.05) is 6.61 Å². The van der Waals surface area contributed by atoms with Crippen molar-refractivity contribution in [2.24, 2.45) is 0 Å². The van der Waals surface area contributed by atoms with Crippen LogP contribution in [0.2, 0.25) is 0 Å². The zero-order valence-electron chi connectivity index (χ0n) is 17.1. The molecular formula is C23H36O4. The molecule has 1 aromatic carbocycles. The Bertz CT molecular complexity index is 539. The van der Waals surface area contributed by atoms with Gasteiger partial charge in [-0.15, -0.1) is 0 Å². The van der Waals surface area contributed by atoms with Crippen LogP contribution in [0, 0.1) is 6.92 Å². The average molecular weight is 377 g/mol. The summed E-state index contributed by atoms with van der Waals surface area (Å²) < 4.78 is 10.4. The molecule has 0 aliphatic rings. The quantitative estimate of drug-likeness (QED) is 0.283. The first-order chi connectivity index (χ1) is 13.1. The summed E-state index contributed by atoms with van der Waals surface area (Å²) in [6.07, 6.45) is 11.3. The van der Waals surface area contributed by atoms with Gasteiger partial charge in [-0.1, -0.05) is 88.1 Å². The lowest BCUT2D eigenvalue weighted by Gasteiger charge is -2.07. The highest BCUT2D eigenvalue weighted by Crippen LogP contribution is 2.10. The van der Waals surface area contributed by atoms with E-state index in [9.17, 15) is 9.59 Å². The van der Waals surface area contributed by atoms with E-state index < -0.39 is 0 Å². The van der Waals surface area contributed by atoms with Crippen molar-refractivity contribution in [3.05, 3.63) is 35.4 Å². The SMILES string of the molecule is CCCCCCCCCCCOC(=O)CCC(=O)OCc1cccc(C)c1. The highest BCUT2D eigenvalue weighted by Gasteiger charge is 2.09. The molecule has 0 unspecified atom stereocenters. The van der Waals surface area contributed by atoms with Crippen LogP contribution in [0.25, 0.3) is 0 Å². The summed E-state index contributed by atoms with van der Waals surface area (Å²) in [6, 6.07) is 7.82. The zero-order chi connectivity index (χ0) is 19.7. The van der Waals surface area contributed by atoms with Crippen molar-refractivity contribution in [2.45, 2.75) is 91.1 Å². The van der Waals surface area contributed by atoms with Crippen molar-refractivity contribution in [3.63, 3.8) is 0 Å². The summed E-state index contributed by atoms with van der Waals surface area (Å²) in [4.78, 5) is 23.4. The van der Waals surface area contributed by atoms with Gasteiger partial charge in [0.25, 0.3) is 0 Å². The third kappa shape index (κ3) is 13.0. The maximum atomic E-state index is 11.7. The van der Waals surface area contributed by atoms with Gasteiger partial charge in [-0.3, -0.25) is 9.59 Å². The van der Waals surface area contributed by atoms with Gasteiger partial charge in [0.15, 0.2) is 0 Å². The first kappa shape index (κ1) is 23.2. The Balaban J connectivity index is 1.95. The molecule has 1 aromatic rings. The van der Waals surface area contributed by atoms with Crippen LogP contribution in [0.3, 0.4) is 0 Å². The van der Waals surface area contributed by atoms with Gasteiger partial charge in [-0.05, 0) is 18.9 Å². The minimum atomic E-state index is -0.364. The molecule has 0 saturated heterocycles. The number of benzene rings is 1. The molecule has 0 fully saturated rings. The number of esters is 2. The fraction of sp³-hybridized carbons (Fsp3) is 0.652. The Kier molecular flexibility index (Phi) is 13.1. The molecule has 0 bridgehead atoms. The summed E-state index contributed by atoms with van der Waals surface area (Å²) in [6.45, 7) is 4.92. The second-order valence-electron chi connectivity index (χ2n) is 7.20. The molecule has 0 N–H and O–H groups in total. The van der Waals surface area contributed by atoms with Crippen LogP contribution < -0.4 is 0 Å². The first-order valence-corrected chi connectivity index (χ1v) is 10.5. The van der Waals surface area contributed by atoms with E-state index >= 15 is 0 Å². The molecule has 0 aliphatic carbocycles. The van der Waals surface area contributed by atoms with E-state index in [1.807, 2.05) is 31.2 Å². The summed E-state index contributed by atoms with van der Waals surface area (Å²) in [5.41, 5.74) is 2.08. The molecule has 0 atom stereocenters. The van der Waals surface area contributed by atoms with Crippen molar-refractivity contribution < 1.29 is 19.1 Å². The van der Waals surface area contributed by atoms with Crippen LogP contribution in [-0.4, -0.2) is 18.5 Å². The Morgan fingerprint density at radius 1 is 0.815 bits per heavy atom. The number of ether oxygens (including phenoxy) is 2. The third-order valence-corrected chi connectivity index (χ3v) is 4.53. The van der Waals surface area contributed by atoms with Gasteiger partial charge in [0.2, 0.25) is 0 Å². The number of rotatable bonds is 15. The summed E-state index contributed by atoms with van der Waals surface area (Å²) in [5.74, 6) is -0.682. The summed E-state index contributed by atoms with van der Waals surface area (Å²) >= 11 is 0. The van der Waals surface area contributed by atoms with Gasteiger partial charge in [0, 0.05) is 0 Å². The van der Waals surface area contributed by atoms with E-state index in [1.165, 1.54) is 44.9 Å². The molecule has 0 heterocycles. The monoisotopic (exact) mass is 376 g/mol. The van der Waals surface area contributed by atoms with Crippen molar-refractivity contribution in [1.82, 2.24) is 0 Å². The summed E-state index contributed by atoms with van der Waals surface area (Å²) in [5, 5.41) is 0. The van der Waals surface area contributed by atoms with Gasteiger partial charge in [-0.2, -0.15) is 0 Å². The predicted octanol–water partition coefficient (Wildman–Crippen LogP) is 5.89. The topological polar surface area (TPSA) is 52.6 Å². The maximum Gasteiger partial charge on any atom is 0.306 e. The standard InChI is InChI=1S/C23H36O4/c1-3-4-5-6-7-8-9-10-11-17-26-22(24)15-16-23(25)27-19-21-14-12-13-20(2)18-21/h12-14,18H,3-11,15-17,19H2,1-2H3. The van der Waals surface area contributed by atoms with Crippen molar-refractivity contribution >= 4 is 11.9 Å². The second-order valence-corrected chi connectivity index (χ2v) is 7.20. The maximum absolute atomic E-state index is 11.7. The highest BCUT2D eigenvalue weighted by molar-refractivity contribution is 5.77. The number of unbranched alkanes of at least 4 members (excludes halogenated alkanes) is 8. The molecule has 0 spiro atoms. The highest BCUT2D eigenvalue weighted by atomic mass is 16.5. The summed E-state index contributed by atoms with van der Waals surface area (Å²) in [7, 11) is 0. The van der Waals surface area contributed by atoms with Crippen LogP contribution in [0.5, 0.6) is 0 Å². The van der Waals surface area contributed by atoms with E-state index in [0.29, 0.717) is 6.61 Å². The number of hydrogen-bond acceptors (Lipinski definition) is 4. The van der Waals surface area contributed by atoms with Crippen molar-refractivity contribution in [1.29, 1.82) is 0 Å². The average Bonchev–Trinajstić information content (AvgIpc) is 2.66. The third-order valence-electron chi connectivity index (χ3n) is 4.53. The zero-order valence-corrected chi connectivity index (χ0v) is 17.1. The van der Waals surface area contributed by atoms with Crippen LogP contribution >= 0.6 is 0 Å². The fourth-order valence-electron chi connectivity index (χ4n) is 2.91. The molecule has 4 heteroatoms. The first-order valence-electron chi connectivity index (χ1n) is 10.5. The molecule has 0 aromatic heterocycles. The lowest BCUT2D eigenvalue weighted by atomic mass is 10.1. The van der Waals surface area contributed by atoms with Crippen LogP contribution in [0.4, 0.5) is 0 Å². The molecule has 0 saturated carbocycles. The molecule has 0 aliphatic heterocycles. The minimum absolute atomic E-state index is 0.0718. The largest absolute Gasteiger partial charge is 0.466 e. The van der Waals surface area contributed by atoms with Gasteiger partial charge in [-0.25, -0.2) is 0 Å². The van der Waals surface area contributed by atoms with E-state index in [4.69, 9.17) is 9.47 Å². The Morgan fingerprint density at radius 3 is 2.04 bits per heavy atom. The second kappa shape index (κ2) is 15.2. The van der Waals surface area contributed by atoms with Gasteiger partial charge >= 0.3 is 11.9 Å². The minimum Gasteiger partial charge on any atom is -0.466 e. The predicted molar refractivity (Wildman–Crippen MR) is 108 cm³/mol. The van der Waals surface area contributed by atoms with E-state index in [1.54, 1.807) is 0 Å². The smallest absolute Gasteiger partial charge is 0.306 e. The molecule has 27 heavy (non-hydrogen) atoms. The van der Waals surface area contributed by atoms with Crippen molar-refractivity contribution in [3.8, 4) is 0 Å². The fourth-order valence-corrected chi connectivity index (χ4v) is 2.91. The normalized spacial score (nSPS) is 10.6. The molecular weight excluding hydrogens is 340 g/mol. The number of aryl methyl sites for hydroxylation is 1. The number of carbonyl (C=O) groups excluding carboxylic acids is 2. The Morgan fingerprint density at radius 2 is 1.41 bits per heavy atom. The molecule has 0 amide bonds.